The summed E-state index contributed by atoms with van der Waals surface area (Å²) >= 11 is 0. The maximum atomic E-state index is 13.6. The summed E-state index contributed by atoms with van der Waals surface area (Å²) in [5.74, 6) is -0.901. The average Bonchev–Trinajstić information content (AvgIpc) is 3.28. The number of pyridine rings is 2. The zero-order valence-electron chi connectivity index (χ0n) is 22.3. The van der Waals surface area contributed by atoms with E-state index in [1.807, 2.05) is 0 Å². The van der Waals surface area contributed by atoms with Crippen molar-refractivity contribution in [1.29, 1.82) is 0 Å². The zero-order chi connectivity index (χ0) is 29.9. The molecule has 0 aliphatic carbocycles. The van der Waals surface area contributed by atoms with Crippen LogP contribution in [0.4, 0.5) is 5.69 Å². The minimum Gasteiger partial charge on any atom is -0.458 e. The highest BCUT2D eigenvalue weighted by Crippen LogP contribution is 2.44. The molecule has 3 aromatic rings. The largest absolute Gasteiger partial charge is 0.458 e. The van der Waals surface area contributed by atoms with Gasteiger partial charge in [-0.15, -0.1) is 0 Å². The number of anilines is 1. The zero-order valence-corrected chi connectivity index (χ0v) is 24.0. The van der Waals surface area contributed by atoms with E-state index in [9.17, 15) is 31.5 Å². The highest BCUT2D eigenvalue weighted by Gasteiger charge is 2.47. The van der Waals surface area contributed by atoms with Gasteiger partial charge in [-0.25, -0.2) is 18.2 Å². The standard InChI is InChI=1S/C25H27N5O9S2/c1-4-25(33)19-17(13-38-24(25)32)23(31)29-12-16-15(11-27-30(40(2,34)35)9-10-39-41(3,36)37)14-7-5-6-8-18(14)28-21(16)22(29)20(19)26/h5-8,11,33H,4,9-10,12-13,26H2,1-3H3/b27-11+/t25-/m0/s1. The molecule has 0 saturated heterocycles. The lowest BCUT2D eigenvalue weighted by atomic mass is 9.84. The predicted octanol–water partition coefficient (Wildman–Crippen LogP) is 0.234. The van der Waals surface area contributed by atoms with Gasteiger partial charge in [0.2, 0.25) is 10.0 Å². The van der Waals surface area contributed by atoms with E-state index < -0.39 is 43.9 Å². The van der Waals surface area contributed by atoms with E-state index >= 15 is 0 Å². The van der Waals surface area contributed by atoms with E-state index in [1.165, 1.54) is 10.8 Å². The summed E-state index contributed by atoms with van der Waals surface area (Å²) in [4.78, 5) is 30.9. The van der Waals surface area contributed by atoms with Crippen molar-refractivity contribution in [2.45, 2.75) is 32.1 Å². The van der Waals surface area contributed by atoms with Crippen molar-refractivity contribution < 1.29 is 35.7 Å². The average molecular weight is 606 g/mol. The number of nitrogens with two attached hydrogens (primary N) is 1. The molecule has 2 aliphatic heterocycles. The Morgan fingerprint density at radius 1 is 1.22 bits per heavy atom. The number of rotatable bonds is 8. The van der Waals surface area contributed by atoms with Gasteiger partial charge < -0.3 is 20.1 Å². The molecule has 0 saturated carbocycles. The highest BCUT2D eigenvalue weighted by molar-refractivity contribution is 7.88. The molecule has 0 unspecified atom stereocenters. The van der Waals surface area contributed by atoms with Crippen molar-refractivity contribution in [2.75, 3.05) is 31.4 Å². The number of aromatic nitrogens is 2. The van der Waals surface area contributed by atoms with Crippen LogP contribution in [0.2, 0.25) is 0 Å². The number of hydrogen-bond acceptors (Lipinski definition) is 12. The van der Waals surface area contributed by atoms with Gasteiger partial charge in [0.05, 0.1) is 66.6 Å². The molecule has 16 heteroatoms. The fourth-order valence-electron chi connectivity index (χ4n) is 5.13. The maximum absolute atomic E-state index is 13.6. The van der Waals surface area contributed by atoms with Crippen LogP contribution >= 0.6 is 0 Å². The number of esters is 1. The number of nitrogens with zero attached hydrogens (tertiary/aromatic N) is 4. The lowest BCUT2D eigenvalue weighted by Crippen LogP contribution is -2.45. The van der Waals surface area contributed by atoms with Crippen LogP contribution in [0.25, 0.3) is 22.3 Å². The Morgan fingerprint density at radius 3 is 2.59 bits per heavy atom. The van der Waals surface area contributed by atoms with Gasteiger partial charge in [0.25, 0.3) is 15.7 Å². The smallest absolute Gasteiger partial charge is 0.343 e. The Morgan fingerprint density at radius 2 is 1.93 bits per heavy atom. The van der Waals surface area contributed by atoms with E-state index in [-0.39, 0.29) is 48.6 Å². The van der Waals surface area contributed by atoms with Gasteiger partial charge in [0, 0.05) is 22.1 Å². The number of nitrogen functional groups attached to an aromatic ring is 1. The number of para-hydroxylation sites is 1. The normalized spacial score (nSPS) is 18.3. The number of fused-ring (bicyclic) bond motifs is 5. The number of ether oxygens (including phenoxy) is 1. The molecule has 2 aromatic heterocycles. The first-order valence-corrected chi connectivity index (χ1v) is 16.1. The molecule has 1 atom stereocenters. The quantitative estimate of drug-likeness (QED) is 0.121. The Kier molecular flexibility index (Phi) is 6.92. The summed E-state index contributed by atoms with van der Waals surface area (Å²) in [7, 11) is -7.73. The second-order valence-corrected chi connectivity index (χ2v) is 13.3. The van der Waals surface area contributed by atoms with Crippen LogP contribution in [-0.4, -0.2) is 73.8 Å². The number of aliphatic hydroxyl groups is 1. The van der Waals surface area contributed by atoms with Crippen molar-refractivity contribution in [3.8, 4) is 11.4 Å². The molecular formula is C25H27N5O9S2. The van der Waals surface area contributed by atoms with Gasteiger partial charge in [-0.3, -0.25) is 8.98 Å². The number of cyclic esters (lactones) is 1. The summed E-state index contributed by atoms with van der Waals surface area (Å²) in [5.41, 5.74) is 5.99. The predicted molar refractivity (Wildman–Crippen MR) is 149 cm³/mol. The molecule has 0 amide bonds. The second-order valence-electron chi connectivity index (χ2n) is 9.75. The first kappa shape index (κ1) is 28.7. The van der Waals surface area contributed by atoms with E-state index in [2.05, 4.69) is 9.28 Å². The van der Waals surface area contributed by atoms with Crippen LogP contribution in [0.3, 0.4) is 0 Å². The third kappa shape index (κ3) is 4.86. The van der Waals surface area contributed by atoms with Crippen LogP contribution in [0.1, 0.15) is 35.6 Å². The summed E-state index contributed by atoms with van der Waals surface area (Å²) in [6, 6.07) is 6.98. The molecule has 0 radical (unpaired) electrons. The van der Waals surface area contributed by atoms with E-state index in [0.29, 0.717) is 32.1 Å². The molecule has 218 valence electrons. The molecule has 3 N–H and O–H groups in total. The van der Waals surface area contributed by atoms with Gasteiger partial charge in [0.1, 0.15) is 6.61 Å². The number of benzene rings is 1. The molecule has 2 aliphatic rings. The van der Waals surface area contributed by atoms with Crippen molar-refractivity contribution in [1.82, 2.24) is 14.0 Å². The van der Waals surface area contributed by atoms with Gasteiger partial charge in [-0.2, -0.15) is 17.9 Å². The lowest BCUT2D eigenvalue weighted by Gasteiger charge is -2.33. The molecular weight excluding hydrogens is 578 g/mol. The lowest BCUT2D eigenvalue weighted by molar-refractivity contribution is -0.172. The van der Waals surface area contributed by atoms with Crippen LogP contribution in [-0.2, 0) is 52.6 Å². The fourth-order valence-corrected chi connectivity index (χ4v) is 6.13. The van der Waals surface area contributed by atoms with E-state index in [1.54, 1.807) is 31.2 Å². The number of carbonyl (C=O) groups excluding carboxylic acids is 1. The SMILES string of the molecule is CC[C@@]1(O)C(=O)OCc2c1c(N)c1n(c2=O)Cc2c-1nc1ccccc1c2/C=N/N(CCOS(C)(=O)=O)S(C)(=O)=O. The number of hydrazone groups is 1. The maximum Gasteiger partial charge on any atom is 0.343 e. The highest BCUT2D eigenvalue weighted by atomic mass is 32.2. The molecule has 0 spiro atoms. The molecule has 41 heavy (non-hydrogen) atoms. The Bertz CT molecular complexity index is 1920. The third-order valence-electron chi connectivity index (χ3n) is 7.07. The first-order chi connectivity index (χ1) is 19.2. The minimum absolute atomic E-state index is 0.000321. The minimum atomic E-state index is -3.92. The Hall–Kier alpha value is -3.86. The Labute approximate surface area is 235 Å². The molecule has 5 rings (SSSR count). The second kappa shape index (κ2) is 9.90. The molecule has 0 bridgehead atoms. The Balaban J connectivity index is 1.70. The van der Waals surface area contributed by atoms with Gasteiger partial charge in [-0.05, 0) is 12.5 Å². The molecule has 0 fully saturated rings. The monoisotopic (exact) mass is 605 g/mol. The third-order valence-corrected chi connectivity index (χ3v) is 8.70. The van der Waals surface area contributed by atoms with Crippen LogP contribution in [0.15, 0.2) is 34.2 Å². The summed E-state index contributed by atoms with van der Waals surface area (Å²) in [6.07, 6.45) is 2.98. The van der Waals surface area contributed by atoms with Crippen molar-refractivity contribution in [2.24, 2.45) is 5.10 Å². The topological polar surface area (TPSA) is 201 Å². The van der Waals surface area contributed by atoms with E-state index in [0.717, 1.165) is 12.5 Å². The summed E-state index contributed by atoms with van der Waals surface area (Å²) in [5, 5.41) is 15.9. The van der Waals surface area contributed by atoms with Crippen LogP contribution in [0.5, 0.6) is 0 Å². The van der Waals surface area contributed by atoms with Gasteiger partial charge in [0.15, 0.2) is 5.60 Å². The first-order valence-electron chi connectivity index (χ1n) is 12.4. The van der Waals surface area contributed by atoms with Gasteiger partial charge in [-0.1, -0.05) is 25.1 Å². The summed E-state index contributed by atoms with van der Waals surface area (Å²) in [6.45, 7) is 0.385. The number of sulfonamides is 1. The number of hydrogen-bond donors (Lipinski definition) is 2. The van der Waals surface area contributed by atoms with Crippen LogP contribution < -0.4 is 11.3 Å². The molecule has 4 heterocycles. The molecule has 1 aromatic carbocycles. The van der Waals surface area contributed by atoms with Gasteiger partial charge >= 0.3 is 5.97 Å². The van der Waals surface area contributed by atoms with Crippen molar-refractivity contribution in [3.63, 3.8) is 0 Å². The van der Waals surface area contributed by atoms with Crippen molar-refractivity contribution in [3.05, 3.63) is 56.9 Å². The molecule has 14 nitrogen and oxygen atoms in total. The van der Waals surface area contributed by atoms with Crippen molar-refractivity contribution >= 4 is 48.9 Å². The van der Waals surface area contributed by atoms with Crippen LogP contribution in [0, 0.1) is 0 Å². The summed E-state index contributed by atoms with van der Waals surface area (Å²) < 4.78 is 59.4. The van der Waals surface area contributed by atoms with E-state index in [4.69, 9.17) is 15.5 Å². The fraction of sp³-hybridized carbons (Fsp3) is 0.360. The number of carbonyl (C=O) groups is 1.